The summed E-state index contributed by atoms with van der Waals surface area (Å²) in [5.41, 5.74) is 3.53. The molecule has 1 aromatic heterocycles. The Morgan fingerprint density at radius 1 is 1.28 bits per heavy atom. The number of ketones is 1. The van der Waals surface area contributed by atoms with Gasteiger partial charge >= 0.3 is 5.97 Å². The van der Waals surface area contributed by atoms with Gasteiger partial charge in [-0.25, -0.2) is 19.0 Å². The molecule has 0 amide bonds. The molecule has 0 bridgehead atoms. The van der Waals surface area contributed by atoms with Crippen LogP contribution in [0.15, 0.2) is 53.4 Å². The number of hydrazine groups is 1. The number of aromatic carboxylic acids is 1. The zero-order valence-electron chi connectivity index (χ0n) is 17.1. The Kier molecular flexibility index (Phi) is 5.81. The van der Waals surface area contributed by atoms with Crippen LogP contribution in [0.1, 0.15) is 15.9 Å². The highest BCUT2D eigenvalue weighted by atomic mass is 32.1. The molecule has 0 spiro atoms. The third-order valence-electron chi connectivity index (χ3n) is 5.16. The lowest BCUT2D eigenvalue weighted by Crippen LogP contribution is -2.41. The molecule has 0 radical (unpaired) electrons. The van der Waals surface area contributed by atoms with Crippen molar-refractivity contribution in [2.45, 2.75) is 13.0 Å². The number of anilines is 1. The maximum Gasteiger partial charge on any atom is 0.339 e. The number of carboxylic acid groups (broad SMARTS) is 1. The van der Waals surface area contributed by atoms with Crippen molar-refractivity contribution in [2.24, 2.45) is 0 Å². The van der Waals surface area contributed by atoms with E-state index in [1.807, 2.05) is 0 Å². The maximum atomic E-state index is 14.4. The molecule has 4 rings (SSSR count). The first kappa shape index (κ1) is 21.7. The number of aryl methyl sites for hydroxylation is 1. The standard InChI is InChI=1S/C22H19F2N3O4S/c1-11-5-6-12(20(24)19(11)23)13-10-32-21(18(13)22(29)30)25-9-16(28)14-8-15-17(31-2)4-3-7-27(15)26-14/h3-8,10,14,25-26H,9H2,1-2H3,(H,29,30). The van der Waals surface area contributed by atoms with Crippen molar-refractivity contribution in [1.82, 2.24) is 10.4 Å². The number of carboxylic acids is 1. The van der Waals surface area contributed by atoms with Gasteiger partial charge in [-0.05, 0) is 30.7 Å². The largest absolute Gasteiger partial charge is 0.495 e. The molecule has 2 aliphatic heterocycles. The van der Waals surface area contributed by atoms with E-state index in [-0.39, 0.29) is 39.6 Å². The second-order valence-electron chi connectivity index (χ2n) is 7.14. The Labute approximate surface area is 186 Å². The zero-order valence-corrected chi connectivity index (χ0v) is 17.9. The summed E-state index contributed by atoms with van der Waals surface area (Å²) in [4.78, 5) is 24.6. The predicted molar refractivity (Wildman–Crippen MR) is 116 cm³/mol. The molecule has 0 fully saturated rings. The molecule has 1 atom stereocenters. The van der Waals surface area contributed by atoms with Gasteiger partial charge in [0.2, 0.25) is 0 Å². The summed E-state index contributed by atoms with van der Waals surface area (Å²) < 4.78 is 33.7. The van der Waals surface area contributed by atoms with Crippen LogP contribution in [0.25, 0.3) is 11.1 Å². The average molecular weight is 459 g/mol. The highest BCUT2D eigenvalue weighted by Gasteiger charge is 2.30. The number of hydrogen-bond acceptors (Lipinski definition) is 7. The van der Waals surface area contributed by atoms with Crippen molar-refractivity contribution in [2.75, 3.05) is 19.0 Å². The molecule has 0 saturated heterocycles. The van der Waals surface area contributed by atoms with Crippen LogP contribution in [-0.4, -0.2) is 41.6 Å². The lowest BCUT2D eigenvalue weighted by Gasteiger charge is -2.22. The molecule has 2 aromatic rings. The molecule has 7 nitrogen and oxygen atoms in total. The van der Waals surface area contributed by atoms with Crippen LogP contribution < -0.4 is 10.7 Å². The van der Waals surface area contributed by atoms with Crippen molar-refractivity contribution in [1.29, 1.82) is 0 Å². The van der Waals surface area contributed by atoms with E-state index in [0.717, 1.165) is 11.3 Å². The van der Waals surface area contributed by atoms with E-state index < -0.39 is 23.6 Å². The van der Waals surface area contributed by atoms with Crippen molar-refractivity contribution < 1.29 is 28.2 Å². The van der Waals surface area contributed by atoms with Gasteiger partial charge < -0.3 is 15.2 Å². The highest BCUT2D eigenvalue weighted by molar-refractivity contribution is 7.15. The summed E-state index contributed by atoms with van der Waals surface area (Å²) in [7, 11) is 1.53. The predicted octanol–water partition coefficient (Wildman–Crippen LogP) is 3.81. The van der Waals surface area contributed by atoms with E-state index in [2.05, 4.69) is 10.7 Å². The average Bonchev–Trinajstić information content (AvgIpc) is 3.40. The van der Waals surface area contributed by atoms with Crippen molar-refractivity contribution in [3.63, 3.8) is 0 Å². The molecule has 0 aliphatic carbocycles. The maximum absolute atomic E-state index is 14.4. The summed E-state index contributed by atoms with van der Waals surface area (Å²) in [5.74, 6) is -3.08. The number of hydrogen-bond donors (Lipinski definition) is 3. The smallest absolute Gasteiger partial charge is 0.339 e. The summed E-state index contributed by atoms with van der Waals surface area (Å²) in [6.07, 6.45) is 7.01. The summed E-state index contributed by atoms with van der Waals surface area (Å²) in [6.45, 7) is 1.25. The zero-order chi connectivity index (χ0) is 23.0. The molecule has 10 heteroatoms. The molecular weight excluding hydrogens is 440 g/mol. The minimum atomic E-state index is -1.31. The number of carbonyl (C=O) groups excluding carboxylic acids is 1. The molecular formula is C22H19F2N3O4S. The fraction of sp³-hybridized carbons (Fsp3) is 0.182. The SMILES string of the molecule is COC1=CC=CN2NC(C(=O)CNc3scc(-c4ccc(C)c(F)c4F)c3C(=O)O)C=C12. The number of benzene rings is 1. The van der Waals surface area contributed by atoms with Crippen LogP contribution in [0, 0.1) is 18.6 Å². The van der Waals surface area contributed by atoms with Crippen LogP contribution in [0.3, 0.4) is 0 Å². The number of nitrogens with one attached hydrogen (secondary N) is 2. The number of rotatable bonds is 7. The molecule has 3 N–H and O–H groups in total. The molecule has 166 valence electrons. The van der Waals surface area contributed by atoms with E-state index in [9.17, 15) is 23.5 Å². The first-order valence-corrected chi connectivity index (χ1v) is 10.5. The third-order valence-corrected chi connectivity index (χ3v) is 6.10. The number of allylic oxidation sites excluding steroid dienone is 2. The van der Waals surface area contributed by atoms with E-state index in [1.165, 1.54) is 31.5 Å². The summed E-state index contributed by atoms with van der Waals surface area (Å²) in [6, 6.07) is 2.09. The molecule has 32 heavy (non-hydrogen) atoms. The first-order valence-electron chi connectivity index (χ1n) is 9.58. The van der Waals surface area contributed by atoms with Crippen LogP contribution in [-0.2, 0) is 9.53 Å². The lowest BCUT2D eigenvalue weighted by molar-refractivity contribution is -0.118. The third kappa shape index (κ3) is 3.78. The van der Waals surface area contributed by atoms with Crippen molar-refractivity contribution in [3.8, 4) is 11.1 Å². The number of halogens is 2. The lowest BCUT2D eigenvalue weighted by atomic mass is 10.0. The van der Waals surface area contributed by atoms with Crippen molar-refractivity contribution >= 4 is 28.1 Å². The number of fused-ring (bicyclic) bond motifs is 1. The van der Waals surface area contributed by atoms with Crippen LogP contribution >= 0.6 is 11.3 Å². The number of thiophene rings is 1. The molecule has 3 heterocycles. The normalized spacial score (nSPS) is 17.0. The Balaban J connectivity index is 1.54. The van der Waals surface area contributed by atoms with Gasteiger partial charge in [-0.1, -0.05) is 12.1 Å². The molecule has 1 aromatic carbocycles. The van der Waals surface area contributed by atoms with Crippen LogP contribution in [0.4, 0.5) is 13.8 Å². The van der Waals surface area contributed by atoms with Gasteiger partial charge in [0.25, 0.3) is 0 Å². The van der Waals surface area contributed by atoms with E-state index in [4.69, 9.17) is 4.74 Å². The Hall–Kier alpha value is -3.50. The number of nitrogens with zero attached hydrogens (tertiary/aromatic N) is 1. The second kappa shape index (κ2) is 8.56. The molecule has 1 unspecified atom stereocenters. The Morgan fingerprint density at radius 2 is 2.06 bits per heavy atom. The Bertz CT molecular complexity index is 1200. The fourth-order valence-electron chi connectivity index (χ4n) is 3.49. The highest BCUT2D eigenvalue weighted by Crippen LogP contribution is 2.37. The van der Waals surface area contributed by atoms with E-state index in [0.29, 0.717) is 11.5 Å². The quantitative estimate of drug-likeness (QED) is 0.580. The second-order valence-corrected chi connectivity index (χ2v) is 8.02. The minimum absolute atomic E-state index is 0.0482. The summed E-state index contributed by atoms with van der Waals surface area (Å²) in [5, 5.41) is 15.8. The van der Waals surface area contributed by atoms with Gasteiger partial charge in [-0.2, -0.15) is 0 Å². The van der Waals surface area contributed by atoms with Crippen molar-refractivity contribution in [3.05, 3.63) is 76.2 Å². The number of ether oxygens (including phenoxy) is 1. The summed E-state index contributed by atoms with van der Waals surface area (Å²) >= 11 is 1.01. The van der Waals surface area contributed by atoms with Crippen LogP contribution in [0.2, 0.25) is 0 Å². The fourth-order valence-corrected chi connectivity index (χ4v) is 4.44. The number of carbonyl (C=O) groups is 2. The van der Waals surface area contributed by atoms with Gasteiger partial charge in [-0.15, -0.1) is 11.3 Å². The Morgan fingerprint density at radius 3 is 2.78 bits per heavy atom. The van der Waals surface area contributed by atoms with Crippen LogP contribution in [0.5, 0.6) is 0 Å². The van der Waals surface area contributed by atoms with Gasteiger partial charge in [-0.3, -0.25) is 9.80 Å². The molecule has 0 saturated carbocycles. The topological polar surface area (TPSA) is 90.9 Å². The van der Waals surface area contributed by atoms with Gasteiger partial charge in [0, 0.05) is 22.7 Å². The first-order chi connectivity index (χ1) is 15.3. The van der Waals surface area contributed by atoms with Gasteiger partial charge in [0.05, 0.1) is 19.4 Å². The van der Waals surface area contributed by atoms with E-state index >= 15 is 0 Å². The monoisotopic (exact) mass is 459 g/mol. The van der Waals surface area contributed by atoms with E-state index in [1.54, 1.807) is 29.4 Å². The van der Waals surface area contributed by atoms with Gasteiger partial charge in [0.1, 0.15) is 22.4 Å². The molecule has 2 aliphatic rings. The minimum Gasteiger partial charge on any atom is -0.495 e. The number of Topliss-reactive ketones (excluding diaryl/α,β-unsaturated/α-hetero) is 1. The van der Waals surface area contributed by atoms with Gasteiger partial charge in [0.15, 0.2) is 17.4 Å². The number of methoxy groups -OCH3 is 1.